The van der Waals surface area contributed by atoms with Crippen molar-refractivity contribution in [2.45, 2.75) is 34.6 Å². The molecule has 0 aromatic heterocycles. The van der Waals surface area contributed by atoms with Crippen LogP contribution in [0.5, 0.6) is 0 Å². The van der Waals surface area contributed by atoms with Gasteiger partial charge in [-0.1, -0.05) is 39.0 Å². The Hall–Kier alpha value is -1.11. The summed E-state index contributed by atoms with van der Waals surface area (Å²) in [6.07, 6.45) is 7.94. The van der Waals surface area contributed by atoms with E-state index in [2.05, 4.69) is 19.9 Å². The minimum atomic E-state index is -0.0601. The molecule has 0 N–H and O–H groups in total. The third-order valence-electron chi connectivity index (χ3n) is 3.44. The number of allylic oxidation sites excluding steroid dienone is 6. The van der Waals surface area contributed by atoms with Gasteiger partial charge >= 0.3 is 0 Å². The van der Waals surface area contributed by atoms with E-state index < -0.39 is 0 Å². The van der Waals surface area contributed by atoms with E-state index in [-0.39, 0.29) is 17.1 Å². The van der Waals surface area contributed by atoms with Gasteiger partial charge in [-0.05, 0) is 36.5 Å². The van der Waals surface area contributed by atoms with Crippen LogP contribution >= 0.6 is 0 Å². The smallest absolute Gasteiger partial charge is 0.159 e. The SMILES string of the molecule is C/C=C/C=C1\C(C)=CC(=O)C(C)C1(C)C. The minimum Gasteiger partial charge on any atom is -0.295 e. The summed E-state index contributed by atoms with van der Waals surface area (Å²) in [5, 5.41) is 0. The molecule has 0 aromatic rings. The second-order valence-electron chi connectivity index (χ2n) is 4.78. The summed E-state index contributed by atoms with van der Waals surface area (Å²) < 4.78 is 0. The van der Waals surface area contributed by atoms with Gasteiger partial charge in [-0.3, -0.25) is 4.79 Å². The molecule has 0 amide bonds. The maximum absolute atomic E-state index is 11.7. The summed E-state index contributed by atoms with van der Waals surface area (Å²) in [6, 6.07) is 0. The standard InChI is InChI=1S/C14H20O/c1-6-7-8-12-10(2)9-13(15)11(3)14(12,4)5/h6-9,11H,1-5H3/b7-6+,12-8+. The fourth-order valence-corrected chi connectivity index (χ4v) is 2.05. The molecule has 0 spiro atoms. The second kappa shape index (κ2) is 4.18. The van der Waals surface area contributed by atoms with Crippen LogP contribution in [0.3, 0.4) is 0 Å². The summed E-state index contributed by atoms with van der Waals surface area (Å²) in [7, 11) is 0. The molecule has 1 heteroatoms. The van der Waals surface area contributed by atoms with Gasteiger partial charge in [0.05, 0.1) is 0 Å². The Morgan fingerprint density at radius 1 is 1.40 bits per heavy atom. The molecule has 0 saturated heterocycles. The highest BCUT2D eigenvalue weighted by molar-refractivity contribution is 5.95. The quantitative estimate of drug-likeness (QED) is 0.636. The summed E-state index contributed by atoms with van der Waals surface area (Å²) in [5.41, 5.74) is 2.31. The molecular formula is C14H20O. The van der Waals surface area contributed by atoms with E-state index in [0.29, 0.717) is 0 Å². The van der Waals surface area contributed by atoms with Crippen molar-refractivity contribution >= 4 is 5.78 Å². The first-order valence-corrected chi connectivity index (χ1v) is 5.47. The molecule has 0 aliphatic heterocycles. The third-order valence-corrected chi connectivity index (χ3v) is 3.44. The van der Waals surface area contributed by atoms with E-state index in [9.17, 15) is 4.79 Å². The van der Waals surface area contributed by atoms with Crippen molar-refractivity contribution < 1.29 is 4.79 Å². The van der Waals surface area contributed by atoms with Crippen LogP contribution in [0.2, 0.25) is 0 Å². The van der Waals surface area contributed by atoms with E-state index >= 15 is 0 Å². The van der Waals surface area contributed by atoms with Crippen molar-refractivity contribution in [1.29, 1.82) is 0 Å². The Morgan fingerprint density at radius 3 is 2.53 bits per heavy atom. The van der Waals surface area contributed by atoms with Crippen molar-refractivity contribution in [2.24, 2.45) is 11.3 Å². The first kappa shape index (κ1) is 12.0. The Labute approximate surface area is 92.6 Å². The van der Waals surface area contributed by atoms with E-state index in [1.807, 2.05) is 32.9 Å². The zero-order valence-corrected chi connectivity index (χ0v) is 10.3. The van der Waals surface area contributed by atoms with Gasteiger partial charge in [0.25, 0.3) is 0 Å². The number of hydrogen-bond acceptors (Lipinski definition) is 1. The van der Waals surface area contributed by atoms with Crippen molar-refractivity contribution in [3.63, 3.8) is 0 Å². The first-order valence-electron chi connectivity index (χ1n) is 5.47. The molecule has 0 heterocycles. The van der Waals surface area contributed by atoms with Crippen LogP contribution in [0.4, 0.5) is 0 Å². The zero-order chi connectivity index (χ0) is 11.6. The van der Waals surface area contributed by atoms with Crippen molar-refractivity contribution in [3.8, 4) is 0 Å². The predicted octanol–water partition coefficient (Wildman–Crippen LogP) is 3.68. The highest BCUT2D eigenvalue weighted by Crippen LogP contribution is 2.42. The van der Waals surface area contributed by atoms with E-state index in [1.165, 1.54) is 5.57 Å². The van der Waals surface area contributed by atoms with Crippen LogP contribution in [0, 0.1) is 11.3 Å². The summed E-state index contributed by atoms with van der Waals surface area (Å²) in [5.74, 6) is 0.313. The number of ketones is 1. The Kier molecular flexibility index (Phi) is 3.33. The number of hydrogen-bond donors (Lipinski definition) is 0. The molecule has 82 valence electrons. The molecular weight excluding hydrogens is 184 g/mol. The maximum atomic E-state index is 11.7. The number of carbonyl (C=O) groups excluding carboxylic acids is 1. The Morgan fingerprint density at radius 2 is 2.00 bits per heavy atom. The van der Waals surface area contributed by atoms with Crippen molar-refractivity contribution in [3.05, 3.63) is 35.5 Å². The predicted molar refractivity (Wildman–Crippen MR) is 64.6 cm³/mol. The zero-order valence-electron chi connectivity index (χ0n) is 10.3. The molecule has 1 aliphatic rings. The van der Waals surface area contributed by atoms with E-state index in [0.717, 1.165) is 5.57 Å². The second-order valence-corrected chi connectivity index (χ2v) is 4.78. The molecule has 1 aliphatic carbocycles. The highest BCUT2D eigenvalue weighted by atomic mass is 16.1. The molecule has 0 fully saturated rings. The van der Waals surface area contributed by atoms with Crippen LogP contribution in [-0.4, -0.2) is 5.78 Å². The first-order chi connectivity index (χ1) is 6.91. The molecule has 1 rings (SSSR count). The lowest BCUT2D eigenvalue weighted by Gasteiger charge is -2.37. The molecule has 0 aromatic carbocycles. The Bertz CT molecular complexity index is 354. The van der Waals surface area contributed by atoms with E-state index in [1.54, 1.807) is 6.08 Å². The van der Waals surface area contributed by atoms with Gasteiger partial charge in [0, 0.05) is 5.92 Å². The van der Waals surface area contributed by atoms with Crippen LogP contribution in [0.25, 0.3) is 0 Å². The minimum absolute atomic E-state index is 0.0601. The van der Waals surface area contributed by atoms with Gasteiger partial charge in [0.1, 0.15) is 0 Å². The molecule has 1 unspecified atom stereocenters. The molecule has 1 nitrogen and oxygen atoms in total. The normalized spacial score (nSPS) is 28.6. The van der Waals surface area contributed by atoms with Gasteiger partial charge in [-0.15, -0.1) is 0 Å². The third kappa shape index (κ3) is 2.11. The van der Waals surface area contributed by atoms with Crippen LogP contribution in [-0.2, 0) is 4.79 Å². The van der Waals surface area contributed by atoms with Crippen LogP contribution < -0.4 is 0 Å². The van der Waals surface area contributed by atoms with Crippen LogP contribution in [0.15, 0.2) is 35.5 Å². The topological polar surface area (TPSA) is 17.1 Å². The average molecular weight is 204 g/mol. The fourth-order valence-electron chi connectivity index (χ4n) is 2.05. The lowest BCUT2D eigenvalue weighted by Crippen LogP contribution is -2.33. The molecule has 0 bridgehead atoms. The van der Waals surface area contributed by atoms with Gasteiger partial charge in [0.15, 0.2) is 5.78 Å². The van der Waals surface area contributed by atoms with Gasteiger partial charge in [-0.2, -0.15) is 0 Å². The lowest BCUT2D eigenvalue weighted by molar-refractivity contribution is -0.120. The molecule has 15 heavy (non-hydrogen) atoms. The molecule has 1 atom stereocenters. The maximum Gasteiger partial charge on any atom is 0.159 e. The fraction of sp³-hybridized carbons (Fsp3) is 0.500. The van der Waals surface area contributed by atoms with Crippen molar-refractivity contribution in [1.82, 2.24) is 0 Å². The van der Waals surface area contributed by atoms with E-state index in [4.69, 9.17) is 0 Å². The van der Waals surface area contributed by atoms with Crippen LogP contribution in [0.1, 0.15) is 34.6 Å². The molecule has 0 saturated carbocycles. The summed E-state index contributed by atoms with van der Waals surface area (Å²) in [6.45, 7) is 10.3. The lowest BCUT2D eigenvalue weighted by atomic mass is 9.66. The van der Waals surface area contributed by atoms with Gasteiger partial charge in [-0.25, -0.2) is 0 Å². The average Bonchev–Trinajstić information content (AvgIpc) is 2.14. The monoisotopic (exact) mass is 204 g/mol. The van der Waals surface area contributed by atoms with Gasteiger partial charge < -0.3 is 0 Å². The summed E-state index contributed by atoms with van der Waals surface area (Å²) >= 11 is 0. The Balaban J connectivity index is 3.25. The highest BCUT2D eigenvalue weighted by Gasteiger charge is 2.37. The molecule has 0 radical (unpaired) electrons. The van der Waals surface area contributed by atoms with Gasteiger partial charge in [0.2, 0.25) is 0 Å². The van der Waals surface area contributed by atoms with Crippen molar-refractivity contribution in [2.75, 3.05) is 0 Å². The largest absolute Gasteiger partial charge is 0.295 e. The summed E-state index contributed by atoms with van der Waals surface area (Å²) in [4.78, 5) is 11.7. The number of carbonyl (C=O) groups is 1. The number of rotatable bonds is 1.